The first kappa shape index (κ1) is 14.3. The first-order valence-corrected chi connectivity index (χ1v) is 6.37. The van der Waals surface area contributed by atoms with E-state index in [0.29, 0.717) is 18.7 Å². The van der Waals surface area contributed by atoms with Gasteiger partial charge < -0.3 is 10.1 Å². The summed E-state index contributed by atoms with van der Waals surface area (Å²) in [4.78, 5) is 0. The quantitative estimate of drug-likeness (QED) is 0.888. The summed E-state index contributed by atoms with van der Waals surface area (Å²) in [6.45, 7) is 1.11. The summed E-state index contributed by atoms with van der Waals surface area (Å²) < 4.78 is 43.1. The molecule has 1 aliphatic carbocycles. The molecular weight excluding hydrogens is 255 g/mol. The Hall–Kier alpha value is -1.07. The molecule has 2 nitrogen and oxygen atoms in total. The van der Waals surface area contributed by atoms with Crippen molar-refractivity contribution in [1.82, 2.24) is 5.32 Å². The number of halogens is 3. The molecule has 0 aliphatic heterocycles. The minimum Gasteiger partial charge on any atom is -0.377 e. The molecule has 0 amide bonds. The Labute approximate surface area is 111 Å². The van der Waals surface area contributed by atoms with E-state index >= 15 is 0 Å². The monoisotopic (exact) mass is 273 g/mol. The van der Waals surface area contributed by atoms with Gasteiger partial charge in [-0.05, 0) is 30.9 Å². The molecule has 1 saturated carbocycles. The van der Waals surface area contributed by atoms with E-state index in [1.165, 1.54) is 12.1 Å². The van der Waals surface area contributed by atoms with Crippen molar-refractivity contribution in [2.24, 2.45) is 0 Å². The van der Waals surface area contributed by atoms with Gasteiger partial charge in [0.15, 0.2) is 0 Å². The third-order valence-corrected chi connectivity index (χ3v) is 3.73. The minimum absolute atomic E-state index is 0.109. The van der Waals surface area contributed by atoms with Crippen LogP contribution in [-0.2, 0) is 17.5 Å². The average Bonchev–Trinajstić information content (AvgIpc) is 2.32. The Kier molecular flexibility index (Phi) is 4.16. The van der Waals surface area contributed by atoms with Crippen LogP contribution in [0.2, 0.25) is 0 Å². The van der Waals surface area contributed by atoms with Crippen LogP contribution in [0.15, 0.2) is 24.3 Å². The van der Waals surface area contributed by atoms with E-state index in [1.54, 1.807) is 13.2 Å². The summed E-state index contributed by atoms with van der Waals surface area (Å²) in [6, 6.07) is 5.41. The lowest BCUT2D eigenvalue weighted by atomic mass is 9.80. The van der Waals surface area contributed by atoms with Gasteiger partial charge >= 0.3 is 6.18 Å². The molecule has 0 unspecified atom stereocenters. The van der Waals surface area contributed by atoms with Crippen molar-refractivity contribution in [3.05, 3.63) is 35.4 Å². The Morgan fingerprint density at radius 1 is 1.32 bits per heavy atom. The highest BCUT2D eigenvalue weighted by atomic mass is 19.4. The number of alkyl halides is 3. The molecule has 1 aromatic rings. The van der Waals surface area contributed by atoms with Crippen LogP contribution in [0, 0.1) is 0 Å². The summed E-state index contributed by atoms with van der Waals surface area (Å²) in [5, 5.41) is 3.18. The SMILES string of the molecule is COC1(CNCc2cccc(C(F)(F)F)c2)CCC1. The van der Waals surface area contributed by atoms with Crippen LogP contribution in [-0.4, -0.2) is 19.3 Å². The van der Waals surface area contributed by atoms with Crippen molar-refractivity contribution in [1.29, 1.82) is 0 Å². The Morgan fingerprint density at radius 2 is 2.05 bits per heavy atom. The maximum absolute atomic E-state index is 12.6. The van der Waals surface area contributed by atoms with E-state index in [9.17, 15) is 13.2 Å². The van der Waals surface area contributed by atoms with Gasteiger partial charge in [0.1, 0.15) is 0 Å². The topological polar surface area (TPSA) is 21.3 Å². The standard InChI is InChI=1S/C14H18F3NO/c1-19-13(6-3-7-13)10-18-9-11-4-2-5-12(8-11)14(15,16)17/h2,4-5,8,18H,3,6-7,9-10H2,1H3. The summed E-state index contributed by atoms with van der Waals surface area (Å²) in [7, 11) is 1.69. The third-order valence-electron chi connectivity index (χ3n) is 3.73. The maximum Gasteiger partial charge on any atom is 0.416 e. The molecule has 19 heavy (non-hydrogen) atoms. The molecule has 0 atom stereocenters. The number of methoxy groups -OCH3 is 1. The Bertz CT molecular complexity index is 421. The Balaban J connectivity index is 1.89. The summed E-state index contributed by atoms with van der Waals surface area (Å²) in [5.74, 6) is 0. The van der Waals surface area contributed by atoms with Crippen molar-refractivity contribution >= 4 is 0 Å². The number of ether oxygens (including phenoxy) is 1. The van der Waals surface area contributed by atoms with Crippen molar-refractivity contribution < 1.29 is 17.9 Å². The van der Waals surface area contributed by atoms with Gasteiger partial charge in [0.2, 0.25) is 0 Å². The number of hydrogen-bond donors (Lipinski definition) is 1. The minimum atomic E-state index is -4.28. The van der Waals surface area contributed by atoms with E-state index in [1.807, 2.05) is 0 Å². The number of hydrogen-bond acceptors (Lipinski definition) is 2. The van der Waals surface area contributed by atoms with Gasteiger partial charge in [0, 0.05) is 20.2 Å². The first-order valence-electron chi connectivity index (χ1n) is 6.37. The third kappa shape index (κ3) is 3.48. The molecule has 0 bridgehead atoms. The Morgan fingerprint density at radius 3 is 2.58 bits per heavy atom. The molecule has 0 radical (unpaired) electrons. The second-order valence-corrected chi connectivity index (χ2v) is 5.04. The molecule has 0 spiro atoms. The molecule has 2 rings (SSSR count). The number of benzene rings is 1. The van der Waals surface area contributed by atoms with E-state index < -0.39 is 11.7 Å². The second kappa shape index (κ2) is 5.51. The molecule has 1 aromatic carbocycles. The number of rotatable bonds is 5. The molecule has 0 heterocycles. The molecule has 1 fully saturated rings. The van der Waals surface area contributed by atoms with Gasteiger partial charge in [-0.25, -0.2) is 0 Å². The zero-order valence-electron chi connectivity index (χ0n) is 10.9. The van der Waals surface area contributed by atoms with Gasteiger partial charge in [-0.1, -0.05) is 18.2 Å². The molecule has 5 heteroatoms. The van der Waals surface area contributed by atoms with Crippen LogP contribution in [0.4, 0.5) is 13.2 Å². The van der Waals surface area contributed by atoms with Crippen LogP contribution >= 0.6 is 0 Å². The first-order chi connectivity index (χ1) is 8.95. The lowest BCUT2D eigenvalue weighted by Crippen LogP contribution is -2.47. The smallest absolute Gasteiger partial charge is 0.377 e. The molecule has 0 saturated heterocycles. The van der Waals surface area contributed by atoms with Crippen LogP contribution in [0.5, 0.6) is 0 Å². The molecule has 1 N–H and O–H groups in total. The highest BCUT2D eigenvalue weighted by Gasteiger charge is 2.36. The van der Waals surface area contributed by atoms with Crippen LogP contribution in [0.1, 0.15) is 30.4 Å². The molecule has 0 aromatic heterocycles. The van der Waals surface area contributed by atoms with Crippen molar-refractivity contribution in [3.63, 3.8) is 0 Å². The zero-order chi connectivity index (χ0) is 13.9. The number of nitrogens with one attached hydrogen (secondary N) is 1. The fraction of sp³-hybridized carbons (Fsp3) is 0.571. The highest BCUT2D eigenvalue weighted by molar-refractivity contribution is 5.25. The van der Waals surface area contributed by atoms with Crippen LogP contribution in [0.25, 0.3) is 0 Å². The van der Waals surface area contributed by atoms with Crippen molar-refractivity contribution in [2.75, 3.05) is 13.7 Å². The lowest BCUT2D eigenvalue weighted by molar-refractivity contribution is -0.137. The van der Waals surface area contributed by atoms with E-state index in [-0.39, 0.29) is 5.60 Å². The predicted molar refractivity (Wildman–Crippen MR) is 66.7 cm³/mol. The summed E-state index contributed by atoms with van der Waals surface area (Å²) in [5.41, 5.74) is -0.0703. The molecular formula is C14H18F3NO. The second-order valence-electron chi connectivity index (χ2n) is 5.04. The van der Waals surface area contributed by atoms with Gasteiger partial charge in [0.05, 0.1) is 11.2 Å². The predicted octanol–water partition coefficient (Wildman–Crippen LogP) is 3.36. The lowest BCUT2D eigenvalue weighted by Gasteiger charge is -2.40. The normalized spacial score (nSPS) is 18.1. The fourth-order valence-corrected chi connectivity index (χ4v) is 2.32. The molecule has 106 valence electrons. The maximum atomic E-state index is 12.6. The van der Waals surface area contributed by atoms with E-state index in [0.717, 1.165) is 25.3 Å². The van der Waals surface area contributed by atoms with Gasteiger partial charge in [0.25, 0.3) is 0 Å². The van der Waals surface area contributed by atoms with Gasteiger partial charge in [-0.15, -0.1) is 0 Å². The fourth-order valence-electron chi connectivity index (χ4n) is 2.32. The largest absolute Gasteiger partial charge is 0.416 e. The van der Waals surface area contributed by atoms with Crippen LogP contribution in [0.3, 0.4) is 0 Å². The zero-order valence-corrected chi connectivity index (χ0v) is 10.9. The van der Waals surface area contributed by atoms with Crippen LogP contribution < -0.4 is 5.32 Å². The van der Waals surface area contributed by atoms with Crippen molar-refractivity contribution in [2.45, 2.75) is 37.6 Å². The van der Waals surface area contributed by atoms with Gasteiger partial charge in [-0.2, -0.15) is 13.2 Å². The van der Waals surface area contributed by atoms with E-state index in [4.69, 9.17) is 4.74 Å². The average molecular weight is 273 g/mol. The van der Waals surface area contributed by atoms with E-state index in [2.05, 4.69) is 5.32 Å². The van der Waals surface area contributed by atoms with Crippen molar-refractivity contribution in [3.8, 4) is 0 Å². The summed E-state index contributed by atoms with van der Waals surface area (Å²) >= 11 is 0. The van der Waals surface area contributed by atoms with Gasteiger partial charge in [-0.3, -0.25) is 0 Å². The molecule has 1 aliphatic rings. The summed E-state index contributed by atoms with van der Waals surface area (Å²) in [6.07, 6.45) is -1.10. The highest BCUT2D eigenvalue weighted by Crippen LogP contribution is 2.34.